The van der Waals surface area contributed by atoms with E-state index < -0.39 is 0 Å². The molecule has 0 bridgehead atoms. The lowest BCUT2D eigenvalue weighted by molar-refractivity contribution is 0.267. The minimum absolute atomic E-state index is 0.358. The van der Waals surface area contributed by atoms with Gasteiger partial charge in [0.1, 0.15) is 0 Å². The van der Waals surface area contributed by atoms with Crippen LogP contribution in [0.1, 0.15) is 38.7 Å². The quantitative estimate of drug-likeness (QED) is 0.797. The Kier molecular flexibility index (Phi) is 3.65. The van der Waals surface area contributed by atoms with E-state index in [9.17, 15) is 0 Å². The fourth-order valence-electron chi connectivity index (χ4n) is 2.24. The van der Waals surface area contributed by atoms with E-state index >= 15 is 0 Å². The molecule has 0 radical (unpaired) electrons. The van der Waals surface area contributed by atoms with E-state index in [1.54, 1.807) is 0 Å². The number of nitrogens with one attached hydrogen (secondary N) is 1. The number of hydrogen-bond donors (Lipinski definition) is 1. The lowest BCUT2D eigenvalue weighted by atomic mass is 9.84. The molecule has 1 saturated carbocycles. The molecule has 0 saturated heterocycles. The van der Waals surface area contributed by atoms with Crippen LogP contribution in [0, 0.1) is 5.41 Å². The van der Waals surface area contributed by atoms with Crippen molar-refractivity contribution in [2.45, 2.75) is 45.6 Å². The first-order valence-electron chi connectivity index (χ1n) is 6.43. The molecule has 1 aromatic carbocycles. The van der Waals surface area contributed by atoms with Gasteiger partial charge in [-0.2, -0.15) is 0 Å². The zero-order valence-corrected chi connectivity index (χ0v) is 10.5. The summed E-state index contributed by atoms with van der Waals surface area (Å²) < 4.78 is 0. The molecule has 1 nitrogen and oxygen atoms in total. The third-order valence-electron chi connectivity index (χ3n) is 3.50. The van der Waals surface area contributed by atoms with Gasteiger partial charge >= 0.3 is 0 Å². The van der Waals surface area contributed by atoms with Gasteiger partial charge in [-0.15, -0.1) is 0 Å². The third kappa shape index (κ3) is 3.34. The normalized spacial score (nSPS) is 17.1. The average Bonchev–Trinajstić information content (AvgIpc) is 2.15. The molecule has 1 aliphatic carbocycles. The van der Waals surface area contributed by atoms with E-state index in [1.165, 1.54) is 24.8 Å². The Morgan fingerprint density at radius 2 is 1.88 bits per heavy atom. The second kappa shape index (κ2) is 5.01. The van der Waals surface area contributed by atoms with E-state index in [0.717, 1.165) is 19.0 Å². The fourth-order valence-corrected chi connectivity index (χ4v) is 2.24. The van der Waals surface area contributed by atoms with Gasteiger partial charge in [0.05, 0.1) is 0 Å². The monoisotopic (exact) mass is 217 g/mol. The summed E-state index contributed by atoms with van der Waals surface area (Å²) in [6.45, 7) is 5.84. The van der Waals surface area contributed by atoms with Crippen LogP contribution in [-0.4, -0.2) is 12.6 Å². The lowest BCUT2D eigenvalue weighted by Crippen LogP contribution is -2.41. The van der Waals surface area contributed by atoms with Crippen LogP contribution in [0.15, 0.2) is 30.3 Å². The molecule has 1 heteroatoms. The van der Waals surface area contributed by atoms with Crippen LogP contribution in [0.3, 0.4) is 0 Å². The molecule has 0 amide bonds. The van der Waals surface area contributed by atoms with Gasteiger partial charge in [0.2, 0.25) is 0 Å². The first-order chi connectivity index (χ1) is 7.66. The Hall–Kier alpha value is -0.820. The maximum Gasteiger partial charge on any atom is 0.00673 e. The van der Waals surface area contributed by atoms with Crippen LogP contribution in [0.2, 0.25) is 0 Å². The number of rotatable bonds is 5. The van der Waals surface area contributed by atoms with E-state index in [0.29, 0.717) is 5.41 Å². The molecule has 1 aromatic rings. The summed E-state index contributed by atoms with van der Waals surface area (Å²) in [7, 11) is 0. The molecular formula is C15H23N. The van der Waals surface area contributed by atoms with Gasteiger partial charge in [-0.1, -0.05) is 50.6 Å². The van der Waals surface area contributed by atoms with Crippen LogP contribution >= 0.6 is 0 Å². The topological polar surface area (TPSA) is 12.0 Å². The summed E-state index contributed by atoms with van der Waals surface area (Å²) in [5.74, 6) is 0. The first kappa shape index (κ1) is 11.7. The van der Waals surface area contributed by atoms with Crippen LogP contribution in [0.25, 0.3) is 0 Å². The van der Waals surface area contributed by atoms with Gasteiger partial charge in [-0.25, -0.2) is 0 Å². The van der Waals surface area contributed by atoms with Crippen LogP contribution in [0.5, 0.6) is 0 Å². The predicted octanol–water partition coefficient (Wildman–Crippen LogP) is 3.40. The van der Waals surface area contributed by atoms with Gasteiger partial charge in [0.15, 0.2) is 0 Å². The summed E-state index contributed by atoms with van der Waals surface area (Å²) in [6.07, 6.45) is 5.33. The Balaban J connectivity index is 1.81. The molecule has 0 unspecified atom stereocenters. The van der Waals surface area contributed by atoms with Gasteiger partial charge < -0.3 is 5.32 Å². The molecule has 1 N–H and O–H groups in total. The van der Waals surface area contributed by atoms with E-state index in [1.807, 2.05) is 0 Å². The van der Waals surface area contributed by atoms with Crippen LogP contribution < -0.4 is 5.32 Å². The first-order valence-corrected chi connectivity index (χ1v) is 6.43. The van der Waals surface area contributed by atoms with Crippen molar-refractivity contribution < 1.29 is 0 Å². The molecule has 1 aliphatic rings. The van der Waals surface area contributed by atoms with E-state index in [2.05, 4.69) is 49.5 Å². The fraction of sp³-hybridized carbons (Fsp3) is 0.600. The van der Waals surface area contributed by atoms with Gasteiger partial charge in [-0.3, -0.25) is 0 Å². The number of hydrogen-bond acceptors (Lipinski definition) is 1. The van der Waals surface area contributed by atoms with Crippen molar-refractivity contribution >= 4 is 0 Å². The van der Waals surface area contributed by atoms with Gasteiger partial charge in [-0.05, 0) is 30.2 Å². The molecule has 1 fully saturated rings. The van der Waals surface area contributed by atoms with Crippen molar-refractivity contribution in [1.29, 1.82) is 0 Å². The molecule has 0 aliphatic heterocycles. The smallest absolute Gasteiger partial charge is 0.00673 e. The highest BCUT2D eigenvalue weighted by atomic mass is 14.9. The highest BCUT2D eigenvalue weighted by Gasteiger charge is 2.22. The lowest BCUT2D eigenvalue weighted by Gasteiger charge is -2.32. The Bertz CT molecular complexity index is 311. The zero-order valence-electron chi connectivity index (χ0n) is 10.5. The van der Waals surface area contributed by atoms with Crippen molar-refractivity contribution in [3.63, 3.8) is 0 Å². The maximum absolute atomic E-state index is 3.68. The van der Waals surface area contributed by atoms with Crippen molar-refractivity contribution in [3.8, 4) is 0 Å². The minimum atomic E-state index is 0.358. The molecule has 16 heavy (non-hydrogen) atoms. The van der Waals surface area contributed by atoms with Crippen molar-refractivity contribution in [1.82, 2.24) is 5.32 Å². The molecular weight excluding hydrogens is 194 g/mol. The molecule has 0 spiro atoms. The standard InChI is InChI=1S/C15H23N/c1-15(2,12-16-14-9-6-10-14)11-13-7-4-3-5-8-13/h3-5,7-8,14,16H,6,9-12H2,1-2H3. The Morgan fingerprint density at radius 1 is 1.19 bits per heavy atom. The Labute approximate surface area is 99.3 Å². The minimum Gasteiger partial charge on any atom is -0.313 e. The highest BCUT2D eigenvalue weighted by Crippen LogP contribution is 2.23. The molecule has 0 heterocycles. The van der Waals surface area contributed by atoms with Crippen LogP contribution in [0.4, 0.5) is 0 Å². The Morgan fingerprint density at radius 3 is 2.44 bits per heavy atom. The van der Waals surface area contributed by atoms with Gasteiger partial charge in [0, 0.05) is 12.6 Å². The van der Waals surface area contributed by atoms with Crippen molar-refractivity contribution in [2.24, 2.45) is 5.41 Å². The third-order valence-corrected chi connectivity index (χ3v) is 3.50. The van der Waals surface area contributed by atoms with E-state index in [-0.39, 0.29) is 0 Å². The average molecular weight is 217 g/mol. The zero-order chi connectivity index (χ0) is 11.4. The SMILES string of the molecule is CC(C)(CNC1CCC1)Cc1ccccc1. The summed E-state index contributed by atoms with van der Waals surface area (Å²) in [4.78, 5) is 0. The highest BCUT2D eigenvalue weighted by molar-refractivity contribution is 5.16. The number of benzene rings is 1. The van der Waals surface area contributed by atoms with Crippen molar-refractivity contribution in [2.75, 3.05) is 6.54 Å². The van der Waals surface area contributed by atoms with E-state index in [4.69, 9.17) is 0 Å². The summed E-state index contributed by atoms with van der Waals surface area (Å²) in [5, 5.41) is 3.68. The summed E-state index contributed by atoms with van der Waals surface area (Å²) in [6, 6.07) is 11.6. The second-order valence-corrected chi connectivity index (χ2v) is 5.84. The molecule has 2 rings (SSSR count). The second-order valence-electron chi connectivity index (χ2n) is 5.84. The van der Waals surface area contributed by atoms with Gasteiger partial charge in [0.25, 0.3) is 0 Å². The summed E-state index contributed by atoms with van der Waals surface area (Å²) in [5.41, 5.74) is 1.81. The van der Waals surface area contributed by atoms with Crippen LogP contribution in [-0.2, 0) is 6.42 Å². The van der Waals surface area contributed by atoms with Crippen molar-refractivity contribution in [3.05, 3.63) is 35.9 Å². The summed E-state index contributed by atoms with van der Waals surface area (Å²) >= 11 is 0. The molecule has 0 aromatic heterocycles. The largest absolute Gasteiger partial charge is 0.313 e. The molecule has 0 atom stereocenters. The predicted molar refractivity (Wildman–Crippen MR) is 69.6 cm³/mol. The maximum atomic E-state index is 3.68. The molecule has 88 valence electrons.